The Balaban J connectivity index is 2.20. The molecule has 0 aliphatic heterocycles. The molecule has 0 atom stereocenters. The smallest absolute Gasteiger partial charge is 0.320 e. The van der Waals surface area contributed by atoms with E-state index in [0.29, 0.717) is 0 Å². The van der Waals surface area contributed by atoms with Crippen LogP contribution in [-0.2, 0) is 16.1 Å². The molecular weight excluding hydrogens is 192 g/mol. The minimum absolute atomic E-state index is 0.0786. The third kappa shape index (κ3) is 4.79. The van der Waals surface area contributed by atoms with E-state index in [4.69, 9.17) is 11.3 Å². The first-order chi connectivity index (χ1) is 7.33. The Morgan fingerprint density at radius 2 is 2.13 bits per heavy atom. The first-order valence-electron chi connectivity index (χ1n) is 4.56. The van der Waals surface area contributed by atoms with Gasteiger partial charge in [0.1, 0.15) is 13.2 Å². The van der Waals surface area contributed by atoms with Gasteiger partial charge in [0.15, 0.2) is 0 Å². The van der Waals surface area contributed by atoms with Crippen LogP contribution in [0.4, 0.5) is 0 Å². The first kappa shape index (κ1) is 11.2. The number of nitrogens with one attached hydrogen (secondary N) is 1. The van der Waals surface area contributed by atoms with Crippen molar-refractivity contribution in [3.8, 4) is 0 Å². The molecule has 0 heterocycles. The second kappa shape index (κ2) is 6.57. The van der Waals surface area contributed by atoms with Gasteiger partial charge in [0.25, 0.3) is 6.67 Å². The lowest BCUT2D eigenvalue weighted by Crippen LogP contribution is -2.24. The molecule has 0 saturated carbocycles. The molecular formula is C11H12N2O2. The highest BCUT2D eigenvalue weighted by Crippen LogP contribution is 2.00. The molecule has 0 amide bonds. The number of hydrogen-bond donors (Lipinski definition) is 1. The second-order valence-corrected chi connectivity index (χ2v) is 2.89. The maximum Gasteiger partial charge on any atom is 0.320 e. The zero-order valence-electron chi connectivity index (χ0n) is 8.27. The summed E-state index contributed by atoms with van der Waals surface area (Å²) in [4.78, 5) is 14.2. The van der Waals surface area contributed by atoms with Crippen molar-refractivity contribution in [1.82, 2.24) is 5.32 Å². The summed E-state index contributed by atoms with van der Waals surface area (Å²) in [5, 5.41) is 2.64. The summed E-state index contributed by atoms with van der Waals surface area (Å²) >= 11 is 0. The summed E-state index contributed by atoms with van der Waals surface area (Å²) in [6.07, 6.45) is 0. The first-order valence-corrected chi connectivity index (χ1v) is 4.56. The molecule has 4 heteroatoms. The summed E-state index contributed by atoms with van der Waals surface area (Å²) in [5.41, 5.74) is 0.955. The minimum Gasteiger partial charge on any atom is -0.460 e. The van der Waals surface area contributed by atoms with Gasteiger partial charge >= 0.3 is 5.97 Å². The predicted molar refractivity (Wildman–Crippen MR) is 55.7 cm³/mol. The van der Waals surface area contributed by atoms with Crippen LogP contribution in [0.15, 0.2) is 30.3 Å². The van der Waals surface area contributed by atoms with Crippen molar-refractivity contribution in [3.63, 3.8) is 0 Å². The molecule has 0 saturated heterocycles. The molecule has 0 aliphatic carbocycles. The van der Waals surface area contributed by atoms with Gasteiger partial charge in [-0.25, -0.2) is 11.9 Å². The van der Waals surface area contributed by atoms with E-state index < -0.39 is 0 Å². The van der Waals surface area contributed by atoms with E-state index in [1.165, 1.54) is 0 Å². The number of benzene rings is 1. The monoisotopic (exact) mass is 204 g/mol. The van der Waals surface area contributed by atoms with Crippen molar-refractivity contribution < 1.29 is 9.53 Å². The molecule has 0 aliphatic rings. The van der Waals surface area contributed by atoms with Crippen LogP contribution in [0, 0.1) is 6.57 Å². The van der Waals surface area contributed by atoms with Gasteiger partial charge in [0.05, 0.1) is 0 Å². The number of ether oxygens (including phenoxy) is 1. The van der Waals surface area contributed by atoms with Crippen molar-refractivity contribution >= 4 is 5.97 Å². The number of nitrogens with zero attached hydrogens (tertiary/aromatic N) is 1. The Morgan fingerprint density at radius 3 is 2.80 bits per heavy atom. The van der Waals surface area contributed by atoms with Gasteiger partial charge in [-0.15, -0.1) is 0 Å². The fourth-order valence-electron chi connectivity index (χ4n) is 1.00. The Labute approximate surface area is 88.7 Å². The summed E-state index contributed by atoms with van der Waals surface area (Å²) in [6, 6.07) is 9.46. The van der Waals surface area contributed by atoms with E-state index in [0.717, 1.165) is 5.56 Å². The summed E-state index contributed by atoms with van der Waals surface area (Å²) in [5.74, 6) is -0.345. The lowest BCUT2D eigenvalue weighted by Gasteiger charge is -2.03. The zero-order chi connectivity index (χ0) is 10.9. The van der Waals surface area contributed by atoms with Crippen LogP contribution in [-0.4, -0.2) is 19.2 Å². The predicted octanol–water partition coefficient (Wildman–Crippen LogP) is 1.20. The molecule has 4 nitrogen and oxygen atoms in total. The molecule has 0 radical (unpaired) electrons. The number of esters is 1. The lowest BCUT2D eigenvalue weighted by atomic mass is 10.2. The molecule has 0 fully saturated rings. The van der Waals surface area contributed by atoms with Gasteiger partial charge in [-0.2, -0.15) is 0 Å². The third-order valence-corrected chi connectivity index (χ3v) is 1.70. The van der Waals surface area contributed by atoms with E-state index in [2.05, 4.69) is 10.2 Å². The van der Waals surface area contributed by atoms with Gasteiger partial charge in [-0.05, 0) is 5.56 Å². The molecule has 78 valence electrons. The zero-order valence-corrected chi connectivity index (χ0v) is 8.27. The van der Waals surface area contributed by atoms with Crippen molar-refractivity contribution in [2.24, 2.45) is 0 Å². The maximum absolute atomic E-state index is 11.1. The summed E-state index contributed by atoms with van der Waals surface area (Å²) in [7, 11) is 0. The highest BCUT2D eigenvalue weighted by atomic mass is 16.5. The molecule has 1 rings (SSSR count). The number of hydrogen-bond acceptors (Lipinski definition) is 3. The Bertz CT molecular complexity index is 343. The maximum atomic E-state index is 11.1. The second-order valence-electron chi connectivity index (χ2n) is 2.89. The van der Waals surface area contributed by atoms with Gasteiger partial charge in [-0.3, -0.25) is 9.64 Å². The van der Waals surface area contributed by atoms with Crippen molar-refractivity contribution in [3.05, 3.63) is 47.3 Å². The number of carbonyl (C=O) groups excluding carboxylic acids is 1. The highest BCUT2D eigenvalue weighted by molar-refractivity contribution is 5.71. The average Bonchev–Trinajstić information content (AvgIpc) is 2.28. The molecule has 0 bridgehead atoms. The topological polar surface area (TPSA) is 42.7 Å². The fourth-order valence-corrected chi connectivity index (χ4v) is 1.00. The third-order valence-electron chi connectivity index (χ3n) is 1.70. The van der Waals surface area contributed by atoms with Crippen LogP contribution in [0.2, 0.25) is 0 Å². The quantitative estimate of drug-likeness (QED) is 0.445. The molecule has 1 aromatic rings. The SMILES string of the molecule is [C-]#[N+]CNCC(=O)OCc1ccccc1. The molecule has 0 spiro atoms. The van der Waals surface area contributed by atoms with E-state index in [1.807, 2.05) is 30.3 Å². The fraction of sp³-hybridized carbons (Fsp3) is 0.273. The van der Waals surface area contributed by atoms with Crippen LogP contribution in [0.25, 0.3) is 4.85 Å². The van der Waals surface area contributed by atoms with Crippen molar-refractivity contribution in [1.29, 1.82) is 0 Å². The highest BCUT2D eigenvalue weighted by Gasteiger charge is 2.02. The largest absolute Gasteiger partial charge is 0.460 e. The van der Waals surface area contributed by atoms with Crippen LogP contribution in [0.3, 0.4) is 0 Å². The van der Waals surface area contributed by atoms with Crippen LogP contribution < -0.4 is 5.32 Å². The van der Waals surface area contributed by atoms with Gasteiger partial charge in [0.2, 0.25) is 0 Å². The Hall–Kier alpha value is -1.86. The summed E-state index contributed by atoms with van der Waals surface area (Å²) < 4.78 is 4.97. The molecule has 1 N–H and O–H groups in total. The average molecular weight is 204 g/mol. The lowest BCUT2D eigenvalue weighted by molar-refractivity contribution is -0.143. The number of rotatable bonds is 5. The van der Waals surface area contributed by atoms with Gasteiger partial charge < -0.3 is 4.74 Å². The van der Waals surface area contributed by atoms with Crippen LogP contribution in [0.5, 0.6) is 0 Å². The molecule has 0 aromatic heterocycles. The Kier molecular flexibility index (Phi) is 4.91. The van der Waals surface area contributed by atoms with E-state index in [1.54, 1.807) is 0 Å². The van der Waals surface area contributed by atoms with Crippen molar-refractivity contribution in [2.45, 2.75) is 6.61 Å². The minimum atomic E-state index is -0.345. The Morgan fingerprint density at radius 1 is 1.40 bits per heavy atom. The molecule has 15 heavy (non-hydrogen) atoms. The van der Waals surface area contributed by atoms with E-state index >= 15 is 0 Å². The van der Waals surface area contributed by atoms with Gasteiger partial charge in [-0.1, -0.05) is 30.3 Å². The van der Waals surface area contributed by atoms with Crippen LogP contribution >= 0.6 is 0 Å². The van der Waals surface area contributed by atoms with Gasteiger partial charge in [0, 0.05) is 0 Å². The summed E-state index contributed by atoms with van der Waals surface area (Å²) in [6.45, 7) is 6.99. The van der Waals surface area contributed by atoms with Crippen LogP contribution in [0.1, 0.15) is 5.56 Å². The van der Waals surface area contributed by atoms with E-state index in [9.17, 15) is 4.79 Å². The number of carbonyl (C=O) groups is 1. The normalized spacial score (nSPS) is 9.27. The standard InChI is InChI=1S/C11H12N2O2/c1-12-9-13-7-11(14)15-8-10-5-3-2-4-6-10/h2-6,13H,7-9H2. The molecule has 1 aromatic carbocycles. The van der Waals surface area contributed by atoms with Crippen molar-refractivity contribution in [2.75, 3.05) is 13.2 Å². The van der Waals surface area contributed by atoms with E-state index in [-0.39, 0.29) is 25.8 Å². The molecule has 0 unspecified atom stereocenters.